The molecule has 2 aromatic heterocycles. The summed E-state index contributed by atoms with van der Waals surface area (Å²) in [6.07, 6.45) is 1.82. The van der Waals surface area contributed by atoms with Gasteiger partial charge in [0.15, 0.2) is 0 Å². The quantitative estimate of drug-likeness (QED) is 0.471. The number of aryl methyl sites for hydroxylation is 1. The zero-order valence-corrected chi connectivity index (χ0v) is 16.6. The molecule has 0 spiro atoms. The summed E-state index contributed by atoms with van der Waals surface area (Å²) in [5.41, 5.74) is 2.73. The third-order valence-corrected chi connectivity index (χ3v) is 5.98. The molecule has 0 saturated heterocycles. The van der Waals surface area contributed by atoms with Crippen LogP contribution in [0.15, 0.2) is 72.9 Å². The molecule has 0 fully saturated rings. The summed E-state index contributed by atoms with van der Waals surface area (Å²) in [4.78, 5) is 17.9. The molecule has 29 heavy (non-hydrogen) atoms. The van der Waals surface area contributed by atoms with Crippen molar-refractivity contribution in [3.8, 4) is 10.6 Å². The van der Waals surface area contributed by atoms with Crippen molar-refractivity contribution < 1.29 is 4.79 Å². The van der Waals surface area contributed by atoms with Crippen LogP contribution in [0, 0.1) is 6.92 Å². The Hall–Kier alpha value is -3.51. The van der Waals surface area contributed by atoms with Crippen molar-refractivity contribution in [3.05, 3.63) is 89.9 Å². The van der Waals surface area contributed by atoms with E-state index in [4.69, 9.17) is 0 Å². The van der Waals surface area contributed by atoms with Gasteiger partial charge in [-0.05, 0) is 35.4 Å². The lowest BCUT2D eigenvalue weighted by Gasteiger charge is -2.09. The van der Waals surface area contributed by atoms with Crippen LogP contribution in [0.4, 0.5) is 0 Å². The molecule has 0 bridgehead atoms. The van der Waals surface area contributed by atoms with E-state index < -0.39 is 0 Å². The number of rotatable bonds is 4. The Balaban J connectivity index is 1.32. The molecular formula is C23H18N4OS. The lowest BCUT2D eigenvalue weighted by atomic mass is 10.0. The molecule has 2 heterocycles. The molecule has 0 atom stereocenters. The lowest BCUT2D eigenvalue weighted by Crippen LogP contribution is -2.22. The van der Waals surface area contributed by atoms with Crippen LogP contribution in [-0.4, -0.2) is 20.5 Å². The van der Waals surface area contributed by atoms with E-state index in [0.717, 1.165) is 32.2 Å². The number of hydrogen-bond acceptors (Lipinski definition) is 4. The molecule has 6 heteroatoms. The van der Waals surface area contributed by atoms with E-state index in [0.29, 0.717) is 12.1 Å². The highest BCUT2D eigenvalue weighted by molar-refractivity contribution is 7.20. The highest BCUT2D eigenvalue weighted by atomic mass is 32.1. The summed E-state index contributed by atoms with van der Waals surface area (Å²) < 4.78 is 1.84. The number of aromatic nitrogens is 3. The van der Waals surface area contributed by atoms with Crippen LogP contribution in [0.2, 0.25) is 0 Å². The molecule has 0 aliphatic heterocycles. The first-order valence-corrected chi connectivity index (χ1v) is 10.2. The first-order valence-electron chi connectivity index (χ1n) is 9.35. The fourth-order valence-electron chi connectivity index (χ4n) is 3.42. The second-order valence-corrected chi connectivity index (χ2v) is 7.87. The van der Waals surface area contributed by atoms with Crippen molar-refractivity contribution in [2.75, 3.05) is 0 Å². The maximum atomic E-state index is 12.6. The third-order valence-electron chi connectivity index (χ3n) is 4.98. The first kappa shape index (κ1) is 17.6. The molecule has 5 nitrogen and oxygen atoms in total. The highest BCUT2D eigenvalue weighted by Gasteiger charge is 2.11. The Kier molecular flexibility index (Phi) is 4.33. The summed E-state index contributed by atoms with van der Waals surface area (Å²) in [5, 5.41) is 10.9. The second kappa shape index (κ2) is 7.14. The van der Waals surface area contributed by atoms with Gasteiger partial charge in [0.1, 0.15) is 15.7 Å². The maximum absolute atomic E-state index is 12.6. The van der Waals surface area contributed by atoms with Gasteiger partial charge in [-0.1, -0.05) is 65.9 Å². The molecule has 0 aliphatic rings. The Morgan fingerprint density at radius 3 is 2.66 bits per heavy atom. The maximum Gasteiger partial charge on any atom is 0.251 e. The van der Waals surface area contributed by atoms with Gasteiger partial charge in [0.2, 0.25) is 0 Å². The van der Waals surface area contributed by atoms with Crippen molar-refractivity contribution in [2.24, 2.45) is 0 Å². The number of nitrogens with one attached hydrogen (secondary N) is 1. The SMILES string of the molecule is Cc1ncc2sc(-c3ccc(C(=O)NCc4cccc5ccccc45)cc3)nn12. The predicted molar refractivity (Wildman–Crippen MR) is 116 cm³/mol. The van der Waals surface area contributed by atoms with Gasteiger partial charge in [-0.25, -0.2) is 9.50 Å². The van der Waals surface area contributed by atoms with E-state index in [-0.39, 0.29) is 5.91 Å². The molecule has 142 valence electrons. The minimum atomic E-state index is -0.0863. The average Bonchev–Trinajstić information content (AvgIpc) is 3.34. The van der Waals surface area contributed by atoms with Gasteiger partial charge in [0.25, 0.3) is 5.91 Å². The fraction of sp³-hybridized carbons (Fsp3) is 0.0870. The predicted octanol–water partition coefficient (Wildman–Crippen LogP) is 4.85. The number of fused-ring (bicyclic) bond motifs is 2. The molecule has 1 amide bonds. The number of carbonyl (C=O) groups excluding carboxylic acids is 1. The number of nitrogens with zero attached hydrogens (tertiary/aromatic N) is 3. The van der Waals surface area contributed by atoms with Crippen LogP contribution in [0.5, 0.6) is 0 Å². The van der Waals surface area contributed by atoms with Crippen molar-refractivity contribution >= 4 is 32.8 Å². The molecule has 3 aromatic carbocycles. The second-order valence-electron chi connectivity index (χ2n) is 6.86. The summed E-state index contributed by atoms with van der Waals surface area (Å²) in [5.74, 6) is 0.781. The number of imidazole rings is 1. The van der Waals surface area contributed by atoms with Gasteiger partial charge < -0.3 is 5.32 Å². The van der Waals surface area contributed by atoms with Gasteiger partial charge in [-0.2, -0.15) is 5.10 Å². The summed E-state index contributed by atoms with van der Waals surface area (Å²) >= 11 is 1.58. The number of hydrogen-bond donors (Lipinski definition) is 1. The molecule has 1 N–H and O–H groups in total. The molecular weight excluding hydrogens is 380 g/mol. The van der Waals surface area contributed by atoms with Gasteiger partial charge >= 0.3 is 0 Å². The summed E-state index contributed by atoms with van der Waals surface area (Å²) in [6, 6.07) is 21.9. The smallest absolute Gasteiger partial charge is 0.251 e. The van der Waals surface area contributed by atoms with Gasteiger partial charge in [-0.3, -0.25) is 4.79 Å². The van der Waals surface area contributed by atoms with Crippen LogP contribution in [0.3, 0.4) is 0 Å². The molecule has 0 radical (unpaired) electrons. The molecule has 5 rings (SSSR count). The van der Waals surface area contributed by atoms with Crippen molar-refractivity contribution in [3.63, 3.8) is 0 Å². The van der Waals surface area contributed by atoms with E-state index in [1.807, 2.05) is 66.2 Å². The van der Waals surface area contributed by atoms with E-state index in [9.17, 15) is 4.79 Å². The van der Waals surface area contributed by atoms with E-state index in [2.05, 4.69) is 33.6 Å². The van der Waals surface area contributed by atoms with Crippen LogP contribution in [-0.2, 0) is 6.54 Å². The normalized spacial score (nSPS) is 11.2. The zero-order valence-electron chi connectivity index (χ0n) is 15.8. The Bertz CT molecular complexity index is 1330. The number of carbonyl (C=O) groups is 1. The monoisotopic (exact) mass is 398 g/mol. The van der Waals surface area contributed by atoms with Gasteiger partial charge in [0, 0.05) is 17.7 Å². The minimum Gasteiger partial charge on any atom is -0.348 e. The molecule has 0 saturated carbocycles. The molecule has 0 aliphatic carbocycles. The fourth-order valence-corrected chi connectivity index (χ4v) is 4.36. The highest BCUT2D eigenvalue weighted by Crippen LogP contribution is 2.26. The largest absolute Gasteiger partial charge is 0.348 e. The van der Waals surface area contributed by atoms with Crippen molar-refractivity contribution in [1.82, 2.24) is 19.9 Å². The number of benzene rings is 3. The molecule has 5 aromatic rings. The number of amides is 1. The third kappa shape index (κ3) is 3.28. The Morgan fingerprint density at radius 2 is 1.83 bits per heavy atom. The van der Waals surface area contributed by atoms with Crippen LogP contribution in [0.1, 0.15) is 21.7 Å². The van der Waals surface area contributed by atoms with E-state index >= 15 is 0 Å². The zero-order chi connectivity index (χ0) is 19.8. The summed E-state index contributed by atoms with van der Waals surface area (Å²) in [7, 11) is 0. The van der Waals surface area contributed by atoms with Crippen molar-refractivity contribution in [1.29, 1.82) is 0 Å². The van der Waals surface area contributed by atoms with Crippen molar-refractivity contribution in [2.45, 2.75) is 13.5 Å². The van der Waals surface area contributed by atoms with Gasteiger partial charge in [-0.15, -0.1) is 0 Å². The van der Waals surface area contributed by atoms with Crippen LogP contribution >= 0.6 is 11.3 Å². The van der Waals surface area contributed by atoms with Crippen LogP contribution < -0.4 is 5.32 Å². The lowest BCUT2D eigenvalue weighted by molar-refractivity contribution is 0.0951. The topological polar surface area (TPSA) is 59.3 Å². The standard InChI is InChI=1S/C23H18N4OS/c1-15-24-14-21-27(15)26-23(29-21)18-11-9-17(10-12-18)22(28)25-13-19-7-4-6-16-5-2-3-8-20(16)19/h2-12,14H,13H2,1H3,(H,25,28). The van der Waals surface area contributed by atoms with Crippen LogP contribution in [0.25, 0.3) is 26.2 Å². The van der Waals surface area contributed by atoms with Gasteiger partial charge in [0.05, 0.1) is 6.20 Å². The van der Waals surface area contributed by atoms with E-state index in [1.165, 1.54) is 5.39 Å². The Labute approximate surface area is 171 Å². The Morgan fingerprint density at radius 1 is 1.03 bits per heavy atom. The minimum absolute atomic E-state index is 0.0863. The molecule has 0 unspecified atom stereocenters. The van der Waals surface area contributed by atoms with E-state index in [1.54, 1.807) is 11.3 Å². The first-order chi connectivity index (χ1) is 14.2. The summed E-state index contributed by atoms with van der Waals surface area (Å²) in [6.45, 7) is 2.42. The average molecular weight is 398 g/mol.